The van der Waals surface area contributed by atoms with Gasteiger partial charge in [0.2, 0.25) is 5.75 Å². The minimum Gasteiger partial charge on any atom is -0.489 e. The summed E-state index contributed by atoms with van der Waals surface area (Å²) in [6, 6.07) is 0. The molecule has 2 rings (SSSR count). The van der Waals surface area contributed by atoms with Crippen molar-refractivity contribution >= 4 is 17.6 Å². The highest BCUT2D eigenvalue weighted by atomic mass is 32.2. The van der Waals surface area contributed by atoms with Gasteiger partial charge in [0.15, 0.2) is 5.82 Å². The summed E-state index contributed by atoms with van der Waals surface area (Å²) in [5.41, 5.74) is -0.256. The van der Waals surface area contributed by atoms with E-state index in [0.717, 1.165) is 6.54 Å². The smallest absolute Gasteiger partial charge is 0.295 e. The van der Waals surface area contributed by atoms with Gasteiger partial charge in [0.25, 0.3) is 5.56 Å². The lowest BCUT2D eigenvalue weighted by molar-refractivity contribution is 0.408. The van der Waals surface area contributed by atoms with Crippen LogP contribution in [-0.4, -0.2) is 34.6 Å². The molecule has 1 aromatic heterocycles. The third-order valence-corrected chi connectivity index (χ3v) is 4.25. The molecule has 0 atom stereocenters. The van der Waals surface area contributed by atoms with Crippen LogP contribution in [0.1, 0.15) is 12.8 Å². The highest BCUT2D eigenvalue weighted by Gasteiger charge is 2.41. The molecule has 0 saturated heterocycles. The molecule has 0 aliphatic heterocycles. The number of anilines is 1. The van der Waals surface area contributed by atoms with Crippen LogP contribution in [0.15, 0.2) is 11.1 Å². The Morgan fingerprint density at radius 1 is 1.69 bits per heavy atom. The topological polar surface area (TPSA) is 67.0 Å². The quantitative estimate of drug-likeness (QED) is 0.807. The Labute approximate surface area is 98.0 Å². The highest BCUT2D eigenvalue weighted by molar-refractivity contribution is 8.00. The first kappa shape index (κ1) is 11.3. The Bertz CT molecular complexity index is 428. The molecule has 0 aromatic carbocycles. The molecule has 2 N–H and O–H groups in total. The van der Waals surface area contributed by atoms with Gasteiger partial charge in [-0.1, -0.05) is 0 Å². The van der Waals surface area contributed by atoms with Gasteiger partial charge in [-0.05, 0) is 19.1 Å². The number of hydrogen-bond acceptors (Lipinski definition) is 5. The summed E-state index contributed by atoms with van der Waals surface area (Å²) >= 11 is 1.86. The number of rotatable bonds is 5. The molecule has 0 amide bonds. The van der Waals surface area contributed by atoms with E-state index in [9.17, 15) is 4.79 Å². The molecule has 0 bridgehead atoms. The van der Waals surface area contributed by atoms with Crippen molar-refractivity contribution in [2.75, 3.05) is 25.2 Å². The standard InChI is InChI=1S/C10H15N3O2S/c1-15-7-8(12-6-13-9(7)14)11-5-10(16-2)3-4-10/h6H,3-5H2,1-2H3,(H2,11,12,13,14). The number of hydrogen-bond donors (Lipinski definition) is 2. The van der Waals surface area contributed by atoms with Crippen LogP contribution in [0.4, 0.5) is 5.82 Å². The number of aromatic amines is 1. The lowest BCUT2D eigenvalue weighted by Gasteiger charge is -2.14. The van der Waals surface area contributed by atoms with Crippen molar-refractivity contribution in [2.24, 2.45) is 0 Å². The number of H-pyrrole nitrogens is 1. The fourth-order valence-corrected chi connectivity index (χ4v) is 2.27. The molecule has 0 radical (unpaired) electrons. The van der Waals surface area contributed by atoms with E-state index in [4.69, 9.17) is 4.74 Å². The summed E-state index contributed by atoms with van der Waals surface area (Å²) in [4.78, 5) is 18.0. The van der Waals surface area contributed by atoms with E-state index in [2.05, 4.69) is 21.5 Å². The van der Waals surface area contributed by atoms with Crippen LogP contribution in [0, 0.1) is 0 Å². The molecule has 1 aliphatic carbocycles. The predicted octanol–water partition coefficient (Wildman–Crippen LogP) is 1.09. The fraction of sp³-hybridized carbons (Fsp3) is 0.600. The molecule has 1 saturated carbocycles. The van der Waals surface area contributed by atoms with Crippen molar-refractivity contribution in [3.8, 4) is 5.75 Å². The van der Waals surface area contributed by atoms with Gasteiger partial charge in [-0.15, -0.1) is 0 Å². The van der Waals surface area contributed by atoms with Gasteiger partial charge in [0, 0.05) is 11.3 Å². The van der Waals surface area contributed by atoms with E-state index in [1.807, 2.05) is 11.8 Å². The van der Waals surface area contributed by atoms with E-state index >= 15 is 0 Å². The minimum atomic E-state index is -0.256. The van der Waals surface area contributed by atoms with Crippen molar-refractivity contribution in [1.82, 2.24) is 9.97 Å². The zero-order valence-electron chi connectivity index (χ0n) is 9.37. The normalized spacial score (nSPS) is 16.9. The second-order valence-electron chi connectivity index (χ2n) is 3.85. The van der Waals surface area contributed by atoms with Crippen LogP contribution in [0.3, 0.4) is 0 Å². The maximum atomic E-state index is 11.4. The number of nitrogens with zero attached hydrogens (tertiary/aromatic N) is 1. The minimum absolute atomic E-state index is 0.249. The third kappa shape index (κ3) is 2.16. The summed E-state index contributed by atoms with van der Waals surface area (Å²) in [5, 5.41) is 3.18. The first-order chi connectivity index (χ1) is 7.71. The van der Waals surface area contributed by atoms with Gasteiger partial charge in [-0.3, -0.25) is 4.79 Å². The van der Waals surface area contributed by atoms with Crippen molar-refractivity contribution in [1.29, 1.82) is 0 Å². The molecule has 88 valence electrons. The molecule has 16 heavy (non-hydrogen) atoms. The second kappa shape index (κ2) is 4.37. The van der Waals surface area contributed by atoms with Gasteiger partial charge in [0.05, 0.1) is 13.4 Å². The summed E-state index contributed by atoms with van der Waals surface area (Å²) < 4.78 is 5.35. The predicted molar refractivity (Wildman–Crippen MR) is 65.4 cm³/mol. The summed E-state index contributed by atoms with van der Waals surface area (Å²) in [5.74, 6) is 0.769. The number of aromatic nitrogens is 2. The van der Waals surface area contributed by atoms with E-state index < -0.39 is 0 Å². The first-order valence-corrected chi connectivity index (χ1v) is 6.34. The molecule has 1 aromatic rings. The van der Waals surface area contributed by atoms with E-state index in [0.29, 0.717) is 10.6 Å². The van der Waals surface area contributed by atoms with E-state index in [1.54, 1.807) is 0 Å². The fourth-order valence-electron chi connectivity index (χ4n) is 1.54. The van der Waals surface area contributed by atoms with Crippen molar-refractivity contribution in [2.45, 2.75) is 17.6 Å². The van der Waals surface area contributed by atoms with E-state index in [1.165, 1.54) is 26.3 Å². The highest BCUT2D eigenvalue weighted by Crippen LogP contribution is 2.47. The zero-order chi connectivity index (χ0) is 11.6. The second-order valence-corrected chi connectivity index (χ2v) is 5.13. The van der Waals surface area contributed by atoms with Crippen LogP contribution in [0.25, 0.3) is 0 Å². The maximum Gasteiger partial charge on any atom is 0.295 e. The van der Waals surface area contributed by atoms with E-state index in [-0.39, 0.29) is 11.3 Å². The van der Waals surface area contributed by atoms with Crippen LogP contribution < -0.4 is 15.6 Å². The molecule has 0 spiro atoms. The molecular weight excluding hydrogens is 226 g/mol. The van der Waals surface area contributed by atoms with Crippen LogP contribution in [0.2, 0.25) is 0 Å². The monoisotopic (exact) mass is 241 g/mol. The summed E-state index contributed by atoms with van der Waals surface area (Å²) in [6.07, 6.45) is 5.92. The molecule has 5 nitrogen and oxygen atoms in total. The van der Waals surface area contributed by atoms with Crippen molar-refractivity contribution in [3.05, 3.63) is 16.7 Å². The Morgan fingerprint density at radius 2 is 2.44 bits per heavy atom. The Balaban J connectivity index is 2.09. The molecule has 1 heterocycles. The molecular formula is C10H15N3O2S. The van der Waals surface area contributed by atoms with Crippen molar-refractivity contribution < 1.29 is 4.74 Å². The van der Waals surface area contributed by atoms with Crippen LogP contribution >= 0.6 is 11.8 Å². The van der Waals surface area contributed by atoms with Gasteiger partial charge in [-0.2, -0.15) is 11.8 Å². The molecule has 1 fully saturated rings. The van der Waals surface area contributed by atoms with Crippen LogP contribution in [-0.2, 0) is 0 Å². The molecule has 0 unspecified atom stereocenters. The number of methoxy groups -OCH3 is 1. The average Bonchev–Trinajstić information content (AvgIpc) is 3.07. The van der Waals surface area contributed by atoms with Gasteiger partial charge < -0.3 is 15.0 Å². The number of thioether (sulfide) groups is 1. The first-order valence-electron chi connectivity index (χ1n) is 5.11. The number of ether oxygens (including phenoxy) is 1. The zero-order valence-corrected chi connectivity index (χ0v) is 10.2. The summed E-state index contributed by atoms with van der Waals surface area (Å²) in [6.45, 7) is 0.820. The van der Waals surface area contributed by atoms with Gasteiger partial charge in [-0.25, -0.2) is 4.98 Å². The lowest BCUT2D eigenvalue weighted by Crippen LogP contribution is -2.21. The Kier molecular flexibility index (Phi) is 3.09. The van der Waals surface area contributed by atoms with Gasteiger partial charge in [0.1, 0.15) is 0 Å². The number of nitrogens with one attached hydrogen (secondary N) is 2. The largest absolute Gasteiger partial charge is 0.489 e. The van der Waals surface area contributed by atoms with Crippen molar-refractivity contribution in [3.63, 3.8) is 0 Å². The Morgan fingerprint density at radius 3 is 3.00 bits per heavy atom. The SMILES string of the molecule is COc1c(NCC2(SC)CC2)nc[nH]c1=O. The summed E-state index contributed by atoms with van der Waals surface area (Å²) in [7, 11) is 1.47. The van der Waals surface area contributed by atoms with Gasteiger partial charge >= 0.3 is 0 Å². The average molecular weight is 241 g/mol. The Hall–Kier alpha value is -1.17. The molecule has 1 aliphatic rings. The maximum absolute atomic E-state index is 11.4. The van der Waals surface area contributed by atoms with Crippen LogP contribution in [0.5, 0.6) is 5.75 Å². The third-order valence-electron chi connectivity index (χ3n) is 2.83. The lowest BCUT2D eigenvalue weighted by atomic mass is 10.4. The molecule has 6 heteroatoms.